The molecule has 1 aromatic rings. The molecule has 1 atom stereocenters. The molecule has 0 aromatic heterocycles. The van der Waals surface area contributed by atoms with Crippen LogP contribution in [0.4, 0.5) is 5.69 Å². The first kappa shape index (κ1) is 23.5. The Labute approximate surface area is 165 Å². The third-order valence-corrected chi connectivity index (χ3v) is 6.10. The van der Waals surface area contributed by atoms with E-state index in [0.717, 1.165) is 24.0 Å². The molecule has 0 radical (unpaired) electrons. The number of nitrogens with zero attached hydrogens (tertiary/aromatic N) is 1. The summed E-state index contributed by atoms with van der Waals surface area (Å²) < 4.78 is 25.9. The van der Waals surface area contributed by atoms with Gasteiger partial charge in [-0.2, -0.15) is 0 Å². The lowest BCUT2D eigenvalue weighted by Gasteiger charge is -2.24. The van der Waals surface area contributed by atoms with E-state index in [1.807, 2.05) is 32.0 Å². The molecule has 0 unspecified atom stereocenters. The van der Waals surface area contributed by atoms with Crippen LogP contribution < -0.4 is 9.62 Å². The van der Waals surface area contributed by atoms with Gasteiger partial charge >= 0.3 is 0 Å². The van der Waals surface area contributed by atoms with E-state index in [0.29, 0.717) is 37.5 Å². The number of hydrogen-bond acceptors (Lipinski definition) is 3. The minimum atomic E-state index is -3.39. The Bertz CT molecular complexity index is 701. The maximum absolute atomic E-state index is 12.2. The average Bonchev–Trinajstić information content (AvgIpc) is 2.59. The number of rotatable bonds is 12. The summed E-state index contributed by atoms with van der Waals surface area (Å²) in [5.41, 5.74) is 2.71. The van der Waals surface area contributed by atoms with Crippen molar-refractivity contribution in [3.8, 4) is 0 Å². The van der Waals surface area contributed by atoms with Crippen LogP contribution in [-0.2, 0) is 14.8 Å². The molecule has 0 saturated heterocycles. The predicted molar refractivity (Wildman–Crippen MR) is 114 cm³/mol. The zero-order valence-corrected chi connectivity index (χ0v) is 18.4. The van der Waals surface area contributed by atoms with Gasteiger partial charge in [-0.25, -0.2) is 8.42 Å². The van der Waals surface area contributed by atoms with Crippen LogP contribution in [0.15, 0.2) is 18.2 Å². The zero-order chi connectivity index (χ0) is 20.4. The number of anilines is 1. The monoisotopic (exact) mass is 396 g/mol. The van der Waals surface area contributed by atoms with E-state index in [-0.39, 0.29) is 5.91 Å². The van der Waals surface area contributed by atoms with Crippen LogP contribution in [0, 0.1) is 19.8 Å². The molecule has 0 saturated carbocycles. The molecule has 0 fully saturated rings. The smallest absolute Gasteiger partial charge is 0.232 e. The maximum Gasteiger partial charge on any atom is 0.232 e. The number of nitrogens with one attached hydrogen (secondary N) is 1. The van der Waals surface area contributed by atoms with Crippen LogP contribution in [-0.4, -0.2) is 33.7 Å². The lowest BCUT2D eigenvalue weighted by atomic mass is 9.99. The molecule has 0 spiro atoms. The van der Waals surface area contributed by atoms with Gasteiger partial charge in [0.15, 0.2) is 0 Å². The summed E-state index contributed by atoms with van der Waals surface area (Å²) in [4.78, 5) is 12.1. The largest absolute Gasteiger partial charge is 0.356 e. The second-order valence-electron chi connectivity index (χ2n) is 7.45. The molecule has 1 amide bonds. The number of hydrogen-bond donors (Lipinski definition) is 1. The molecule has 0 aliphatic rings. The summed E-state index contributed by atoms with van der Waals surface area (Å²) >= 11 is 0. The maximum atomic E-state index is 12.2. The van der Waals surface area contributed by atoms with Gasteiger partial charge in [-0.05, 0) is 44.2 Å². The van der Waals surface area contributed by atoms with E-state index < -0.39 is 10.0 Å². The van der Waals surface area contributed by atoms with Crippen molar-refractivity contribution >= 4 is 21.6 Å². The van der Waals surface area contributed by atoms with Crippen molar-refractivity contribution in [3.05, 3.63) is 29.3 Å². The van der Waals surface area contributed by atoms with E-state index in [4.69, 9.17) is 0 Å². The quantitative estimate of drug-likeness (QED) is 0.576. The first-order valence-corrected chi connectivity index (χ1v) is 11.9. The van der Waals surface area contributed by atoms with Crippen LogP contribution in [0.5, 0.6) is 0 Å². The van der Waals surface area contributed by atoms with Gasteiger partial charge in [0.25, 0.3) is 0 Å². The molecule has 0 heterocycles. The summed E-state index contributed by atoms with van der Waals surface area (Å²) in [6.45, 7) is 9.24. The van der Waals surface area contributed by atoms with E-state index in [1.54, 1.807) is 0 Å². The van der Waals surface area contributed by atoms with Crippen LogP contribution in [0.3, 0.4) is 0 Å². The molecule has 154 valence electrons. The van der Waals surface area contributed by atoms with Gasteiger partial charge in [0.2, 0.25) is 15.9 Å². The van der Waals surface area contributed by atoms with Crippen molar-refractivity contribution in [3.63, 3.8) is 0 Å². The Morgan fingerprint density at radius 1 is 1.19 bits per heavy atom. The number of amides is 1. The Morgan fingerprint density at radius 2 is 1.89 bits per heavy atom. The number of carbonyl (C=O) groups excluding carboxylic acids is 1. The normalized spacial score (nSPS) is 12.6. The second-order valence-corrected chi connectivity index (χ2v) is 9.36. The highest BCUT2D eigenvalue weighted by Crippen LogP contribution is 2.24. The second kappa shape index (κ2) is 11.3. The number of aryl methyl sites for hydroxylation is 2. The number of sulfonamides is 1. The van der Waals surface area contributed by atoms with E-state index in [2.05, 4.69) is 19.2 Å². The summed E-state index contributed by atoms with van der Waals surface area (Å²) in [6.07, 6.45) is 6.61. The SMILES string of the molecule is CCCC[C@@H](CC)CNC(=O)CCCN(c1ccc(C)cc1C)S(C)(=O)=O. The van der Waals surface area contributed by atoms with Crippen LogP contribution in [0.25, 0.3) is 0 Å². The number of benzene rings is 1. The Hall–Kier alpha value is -1.56. The minimum Gasteiger partial charge on any atom is -0.356 e. The average molecular weight is 397 g/mol. The highest BCUT2D eigenvalue weighted by atomic mass is 32.2. The minimum absolute atomic E-state index is 0.000900. The van der Waals surface area contributed by atoms with Crippen LogP contribution in [0.2, 0.25) is 0 Å². The fraction of sp³-hybridized carbons (Fsp3) is 0.667. The Kier molecular flexibility index (Phi) is 9.84. The summed E-state index contributed by atoms with van der Waals surface area (Å²) in [5.74, 6) is 0.524. The summed E-state index contributed by atoms with van der Waals surface area (Å²) in [6, 6.07) is 5.72. The first-order valence-electron chi connectivity index (χ1n) is 10.0. The fourth-order valence-electron chi connectivity index (χ4n) is 3.22. The van der Waals surface area contributed by atoms with Gasteiger partial charge in [0.1, 0.15) is 0 Å². The molecule has 1 N–H and O–H groups in total. The predicted octanol–water partition coefficient (Wildman–Crippen LogP) is 4.18. The van der Waals surface area contributed by atoms with Gasteiger partial charge in [-0.15, -0.1) is 0 Å². The highest BCUT2D eigenvalue weighted by molar-refractivity contribution is 7.92. The van der Waals surface area contributed by atoms with Crippen LogP contribution in [0.1, 0.15) is 63.5 Å². The molecule has 6 heteroatoms. The van der Waals surface area contributed by atoms with Gasteiger partial charge < -0.3 is 5.32 Å². The van der Waals surface area contributed by atoms with Gasteiger partial charge in [-0.1, -0.05) is 50.8 Å². The third kappa shape index (κ3) is 8.33. The summed E-state index contributed by atoms with van der Waals surface area (Å²) in [5, 5.41) is 3.01. The molecule has 5 nitrogen and oxygen atoms in total. The van der Waals surface area contributed by atoms with Gasteiger partial charge in [0, 0.05) is 19.5 Å². The Morgan fingerprint density at radius 3 is 2.44 bits per heavy atom. The van der Waals surface area contributed by atoms with E-state index in [1.165, 1.54) is 23.4 Å². The van der Waals surface area contributed by atoms with E-state index >= 15 is 0 Å². The van der Waals surface area contributed by atoms with Gasteiger partial charge in [-0.3, -0.25) is 9.10 Å². The fourth-order valence-corrected chi connectivity index (χ4v) is 4.25. The third-order valence-electron chi connectivity index (χ3n) is 4.92. The van der Waals surface area contributed by atoms with Gasteiger partial charge in [0.05, 0.1) is 11.9 Å². The van der Waals surface area contributed by atoms with Crippen molar-refractivity contribution < 1.29 is 13.2 Å². The van der Waals surface area contributed by atoms with Crippen LogP contribution >= 0.6 is 0 Å². The molecule has 0 aliphatic heterocycles. The molecular weight excluding hydrogens is 360 g/mol. The molecular formula is C21H36N2O3S. The zero-order valence-electron chi connectivity index (χ0n) is 17.5. The lowest BCUT2D eigenvalue weighted by Crippen LogP contribution is -2.33. The number of unbranched alkanes of at least 4 members (excludes halogenated alkanes) is 1. The Balaban J connectivity index is 2.58. The van der Waals surface area contributed by atoms with Crippen molar-refractivity contribution in [2.45, 2.75) is 66.2 Å². The molecule has 0 bridgehead atoms. The molecule has 1 rings (SSSR count). The molecule has 27 heavy (non-hydrogen) atoms. The molecule has 0 aliphatic carbocycles. The highest BCUT2D eigenvalue weighted by Gasteiger charge is 2.19. The van der Waals surface area contributed by atoms with Crippen molar-refractivity contribution in [1.29, 1.82) is 0 Å². The lowest BCUT2D eigenvalue weighted by molar-refractivity contribution is -0.121. The van der Waals surface area contributed by atoms with Crippen molar-refractivity contribution in [1.82, 2.24) is 5.32 Å². The molecule has 1 aromatic carbocycles. The first-order chi connectivity index (χ1) is 12.7. The number of carbonyl (C=O) groups is 1. The topological polar surface area (TPSA) is 66.5 Å². The van der Waals surface area contributed by atoms with E-state index in [9.17, 15) is 13.2 Å². The van der Waals surface area contributed by atoms with Crippen molar-refractivity contribution in [2.75, 3.05) is 23.7 Å². The summed E-state index contributed by atoms with van der Waals surface area (Å²) in [7, 11) is -3.39. The standard InChI is InChI=1S/C21H36N2O3S/c1-6-8-10-19(7-2)16-22-21(24)11-9-14-23(27(5,25)26)20-13-12-17(3)15-18(20)4/h12-13,15,19H,6-11,14,16H2,1-5H3,(H,22,24)/t19-/m1/s1. The van der Waals surface area contributed by atoms with Crippen molar-refractivity contribution in [2.24, 2.45) is 5.92 Å².